The van der Waals surface area contributed by atoms with Crippen LogP contribution in [-0.4, -0.2) is 61.4 Å². The zero-order valence-electron chi connectivity index (χ0n) is 9.92. The third kappa shape index (κ3) is 5.22. The highest BCUT2D eigenvalue weighted by Gasteiger charge is 2.25. The SMILES string of the molecule is C.C#CCOC(=O)N1CCN(C(=O)OCC#C)CC1. The number of hydrogen-bond donors (Lipinski definition) is 0. The fourth-order valence-corrected chi connectivity index (χ4v) is 1.46. The van der Waals surface area contributed by atoms with Crippen LogP contribution in [0.2, 0.25) is 0 Å². The van der Waals surface area contributed by atoms with Gasteiger partial charge in [0.2, 0.25) is 0 Å². The maximum absolute atomic E-state index is 11.5. The van der Waals surface area contributed by atoms with Crippen LogP contribution in [0.15, 0.2) is 0 Å². The molecule has 0 aromatic heterocycles. The number of nitrogens with zero attached hydrogens (tertiary/aromatic N) is 2. The lowest BCUT2D eigenvalue weighted by Gasteiger charge is -2.33. The molecule has 0 aromatic carbocycles. The summed E-state index contributed by atoms with van der Waals surface area (Å²) >= 11 is 0. The zero-order chi connectivity index (χ0) is 13.4. The Balaban J connectivity index is 0.00000324. The maximum Gasteiger partial charge on any atom is 0.410 e. The van der Waals surface area contributed by atoms with E-state index in [0.717, 1.165) is 0 Å². The average molecular weight is 266 g/mol. The monoisotopic (exact) mass is 266 g/mol. The second-order valence-electron chi connectivity index (χ2n) is 3.49. The van der Waals surface area contributed by atoms with Crippen LogP contribution in [0.4, 0.5) is 9.59 Å². The predicted octanol–water partition coefficient (Wildman–Crippen LogP) is 0.780. The molecule has 1 aliphatic rings. The fourth-order valence-electron chi connectivity index (χ4n) is 1.46. The first-order valence-electron chi connectivity index (χ1n) is 5.39. The summed E-state index contributed by atoms with van der Waals surface area (Å²) in [6.45, 7) is 1.43. The van der Waals surface area contributed by atoms with Crippen molar-refractivity contribution in [3.05, 3.63) is 0 Å². The second-order valence-corrected chi connectivity index (χ2v) is 3.49. The summed E-state index contributed by atoms with van der Waals surface area (Å²) in [5, 5.41) is 0. The molecule has 0 atom stereocenters. The zero-order valence-corrected chi connectivity index (χ0v) is 9.92. The van der Waals surface area contributed by atoms with Gasteiger partial charge in [-0.1, -0.05) is 19.3 Å². The Labute approximate surface area is 113 Å². The van der Waals surface area contributed by atoms with Gasteiger partial charge < -0.3 is 19.3 Å². The molecular formula is C13H18N2O4. The van der Waals surface area contributed by atoms with E-state index < -0.39 is 12.2 Å². The molecule has 0 bridgehead atoms. The number of carbonyl (C=O) groups excluding carboxylic acids is 2. The van der Waals surface area contributed by atoms with Crippen molar-refractivity contribution in [2.45, 2.75) is 7.43 Å². The highest BCUT2D eigenvalue weighted by atomic mass is 16.6. The van der Waals surface area contributed by atoms with Crippen molar-refractivity contribution in [2.24, 2.45) is 0 Å². The van der Waals surface area contributed by atoms with Gasteiger partial charge >= 0.3 is 12.2 Å². The quantitative estimate of drug-likeness (QED) is 0.693. The van der Waals surface area contributed by atoms with Crippen LogP contribution in [0.3, 0.4) is 0 Å². The van der Waals surface area contributed by atoms with E-state index in [9.17, 15) is 9.59 Å². The van der Waals surface area contributed by atoms with Gasteiger partial charge in [-0.3, -0.25) is 0 Å². The van der Waals surface area contributed by atoms with E-state index >= 15 is 0 Å². The molecule has 0 N–H and O–H groups in total. The van der Waals surface area contributed by atoms with E-state index in [2.05, 4.69) is 11.8 Å². The summed E-state index contributed by atoms with van der Waals surface area (Å²) < 4.78 is 9.56. The third-order valence-corrected chi connectivity index (χ3v) is 2.35. The van der Waals surface area contributed by atoms with Crippen LogP contribution in [-0.2, 0) is 9.47 Å². The van der Waals surface area contributed by atoms with Gasteiger partial charge in [0.15, 0.2) is 13.2 Å². The van der Waals surface area contributed by atoms with Gasteiger partial charge in [0.05, 0.1) is 0 Å². The largest absolute Gasteiger partial charge is 0.436 e. The molecule has 1 heterocycles. The van der Waals surface area contributed by atoms with Crippen LogP contribution in [0.25, 0.3) is 0 Å². The molecule has 0 radical (unpaired) electrons. The molecule has 19 heavy (non-hydrogen) atoms. The number of hydrogen-bond acceptors (Lipinski definition) is 4. The van der Waals surface area contributed by atoms with E-state index in [0.29, 0.717) is 26.2 Å². The predicted molar refractivity (Wildman–Crippen MR) is 70.2 cm³/mol. The summed E-state index contributed by atoms with van der Waals surface area (Å²) in [6.07, 6.45) is 9.03. The molecular weight excluding hydrogens is 248 g/mol. The summed E-state index contributed by atoms with van der Waals surface area (Å²) in [4.78, 5) is 25.9. The van der Waals surface area contributed by atoms with Crippen molar-refractivity contribution < 1.29 is 19.1 Å². The number of ether oxygens (including phenoxy) is 2. The minimum atomic E-state index is -0.468. The maximum atomic E-state index is 11.5. The van der Waals surface area contributed by atoms with Crippen molar-refractivity contribution in [1.29, 1.82) is 0 Å². The molecule has 6 nitrogen and oxygen atoms in total. The molecule has 1 rings (SSSR count). The topological polar surface area (TPSA) is 59.1 Å². The molecule has 0 aromatic rings. The lowest BCUT2D eigenvalue weighted by atomic mass is 10.3. The Bertz CT molecular complexity index is 348. The third-order valence-electron chi connectivity index (χ3n) is 2.35. The first-order valence-corrected chi connectivity index (χ1v) is 5.39. The van der Waals surface area contributed by atoms with Gasteiger partial charge in [-0.15, -0.1) is 12.8 Å². The van der Waals surface area contributed by atoms with Gasteiger partial charge in [0.25, 0.3) is 0 Å². The number of rotatable bonds is 2. The average Bonchev–Trinajstić information content (AvgIpc) is 2.42. The molecule has 2 amide bonds. The summed E-state index contributed by atoms with van der Waals surface area (Å²) in [7, 11) is 0. The van der Waals surface area contributed by atoms with Crippen molar-refractivity contribution in [1.82, 2.24) is 9.80 Å². The lowest BCUT2D eigenvalue weighted by molar-refractivity contribution is 0.0694. The van der Waals surface area contributed by atoms with Gasteiger partial charge in [-0.2, -0.15) is 0 Å². The van der Waals surface area contributed by atoms with Gasteiger partial charge in [-0.05, 0) is 0 Å². The van der Waals surface area contributed by atoms with E-state index in [4.69, 9.17) is 22.3 Å². The molecule has 104 valence electrons. The second kappa shape index (κ2) is 8.71. The number of piperazine rings is 1. The Morgan fingerprint density at radius 3 is 1.47 bits per heavy atom. The highest BCUT2D eigenvalue weighted by Crippen LogP contribution is 2.05. The molecule has 1 aliphatic heterocycles. The van der Waals surface area contributed by atoms with Crippen LogP contribution < -0.4 is 0 Å². The number of terminal acetylenes is 2. The standard InChI is InChI=1S/C12H14N2O4.CH4/c1-3-9-17-11(15)13-5-7-14(8-6-13)12(16)18-10-4-2;/h1-2H,5-10H2;1H4. The molecule has 0 spiro atoms. The Morgan fingerprint density at radius 1 is 0.895 bits per heavy atom. The number of amides is 2. The normalized spacial score (nSPS) is 13.6. The smallest absolute Gasteiger partial charge is 0.410 e. The molecule has 0 saturated carbocycles. The Morgan fingerprint density at radius 2 is 1.21 bits per heavy atom. The van der Waals surface area contributed by atoms with Crippen molar-refractivity contribution in [3.8, 4) is 24.7 Å². The molecule has 0 unspecified atom stereocenters. The van der Waals surface area contributed by atoms with Crippen LogP contribution in [0.1, 0.15) is 7.43 Å². The number of carbonyl (C=O) groups is 2. The van der Waals surface area contributed by atoms with Crippen LogP contribution in [0, 0.1) is 24.7 Å². The molecule has 6 heteroatoms. The Hall–Kier alpha value is -2.34. The van der Waals surface area contributed by atoms with E-state index in [1.165, 1.54) is 9.80 Å². The highest BCUT2D eigenvalue weighted by molar-refractivity contribution is 5.70. The van der Waals surface area contributed by atoms with Gasteiger partial charge in [-0.25, -0.2) is 9.59 Å². The van der Waals surface area contributed by atoms with Crippen molar-refractivity contribution in [3.63, 3.8) is 0 Å². The Kier molecular flexibility index (Phi) is 7.64. The molecule has 0 aliphatic carbocycles. The first-order chi connectivity index (χ1) is 8.69. The summed E-state index contributed by atoms with van der Waals surface area (Å²) in [5.74, 6) is 4.43. The minimum Gasteiger partial charge on any atom is -0.436 e. The van der Waals surface area contributed by atoms with Crippen molar-refractivity contribution in [2.75, 3.05) is 39.4 Å². The van der Waals surface area contributed by atoms with Gasteiger partial charge in [0.1, 0.15) is 0 Å². The van der Waals surface area contributed by atoms with Gasteiger partial charge in [0, 0.05) is 26.2 Å². The van der Waals surface area contributed by atoms with Crippen molar-refractivity contribution >= 4 is 12.2 Å². The van der Waals surface area contributed by atoms with Crippen LogP contribution in [0.5, 0.6) is 0 Å². The molecule has 1 saturated heterocycles. The van der Waals surface area contributed by atoms with E-state index in [1.807, 2.05) is 0 Å². The minimum absolute atomic E-state index is 0. The summed E-state index contributed by atoms with van der Waals surface area (Å²) in [5.41, 5.74) is 0. The first kappa shape index (κ1) is 16.7. The fraction of sp³-hybridized carbons (Fsp3) is 0.538. The van der Waals surface area contributed by atoms with E-state index in [-0.39, 0.29) is 20.6 Å². The van der Waals surface area contributed by atoms with E-state index in [1.54, 1.807) is 0 Å². The van der Waals surface area contributed by atoms with Crippen LogP contribution >= 0.6 is 0 Å². The summed E-state index contributed by atoms with van der Waals surface area (Å²) in [6, 6.07) is 0. The molecule has 1 fully saturated rings. The lowest BCUT2D eigenvalue weighted by Crippen LogP contribution is -2.50.